The molecule has 0 aliphatic rings. The molecule has 94 valence electrons. The SMILES string of the molecule is C=COC(=O)OC(C)(O[SiH3])C(C)CCCC. The second-order valence-electron chi connectivity index (χ2n) is 3.90. The largest absolute Gasteiger partial charge is 0.515 e. The summed E-state index contributed by atoms with van der Waals surface area (Å²) >= 11 is 0. The van der Waals surface area contributed by atoms with Gasteiger partial charge in [0.2, 0.25) is 5.79 Å². The van der Waals surface area contributed by atoms with Gasteiger partial charge in [-0.3, -0.25) is 0 Å². The van der Waals surface area contributed by atoms with E-state index in [1.165, 1.54) is 0 Å². The summed E-state index contributed by atoms with van der Waals surface area (Å²) in [6.07, 6.45) is 3.43. The normalized spacial score (nSPS) is 16.2. The number of ether oxygens (including phenoxy) is 2. The molecule has 0 aliphatic heterocycles. The Hall–Kier alpha value is -0.813. The summed E-state index contributed by atoms with van der Waals surface area (Å²) in [6, 6.07) is 0. The molecule has 16 heavy (non-hydrogen) atoms. The van der Waals surface area contributed by atoms with Crippen molar-refractivity contribution in [2.45, 2.75) is 45.8 Å². The third-order valence-electron chi connectivity index (χ3n) is 2.76. The van der Waals surface area contributed by atoms with Crippen LogP contribution in [0.4, 0.5) is 4.79 Å². The van der Waals surface area contributed by atoms with Gasteiger partial charge in [-0.2, -0.15) is 0 Å². The highest BCUT2D eigenvalue weighted by atomic mass is 28.2. The number of carbonyl (C=O) groups excluding carboxylic acids is 1. The summed E-state index contributed by atoms with van der Waals surface area (Å²) in [5.41, 5.74) is 0. The lowest BCUT2D eigenvalue weighted by Gasteiger charge is -2.33. The van der Waals surface area contributed by atoms with Gasteiger partial charge in [0.1, 0.15) is 0 Å². The molecule has 0 saturated heterocycles. The molecule has 0 aromatic heterocycles. The Kier molecular flexibility index (Phi) is 7.08. The molecule has 0 aromatic carbocycles. The van der Waals surface area contributed by atoms with Crippen molar-refractivity contribution in [3.05, 3.63) is 12.8 Å². The molecule has 0 aliphatic carbocycles. The summed E-state index contributed by atoms with van der Waals surface area (Å²) in [5, 5.41) is 0. The standard InChI is InChI=1S/C11H22O4Si/c1-5-7-8-9(3)11(4,15-16)14-10(12)13-6-2/h6,9H,2,5,7-8H2,1,3-4,16H3. The molecule has 0 radical (unpaired) electrons. The average Bonchev–Trinajstić information content (AvgIpc) is 2.25. The highest BCUT2D eigenvalue weighted by molar-refractivity contribution is 5.98. The zero-order valence-corrected chi connectivity index (χ0v) is 12.6. The van der Waals surface area contributed by atoms with Crippen LogP contribution in [0, 0.1) is 5.92 Å². The van der Waals surface area contributed by atoms with Crippen LogP contribution in [0.15, 0.2) is 12.8 Å². The van der Waals surface area contributed by atoms with E-state index < -0.39 is 11.9 Å². The third-order valence-corrected chi connectivity index (χ3v) is 3.57. The molecule has 5 heteroatoms. The fourth-order valence-corrected chi connectivity index (χ4v) is 1.86. The maximum Gasteiger partial charge on any atom is 0.515 e. The minimum Gasteiger partial charge on any atom is -0.404 e. The molecule has 0 bridgehead atoms. The predicted molar refractivity (Wildman–Crippen MR) is 65.9 cm³/mol. The van der Waals surface area contributed by atoms with Gasteiger partial charge >= 0.3 is 6.16 Å². The maximum absolute atomic E-state index is 11.2. The van der Waals surface area contributed by atoms with E-state index in [0.717, 1.165) is 25.5 Å². The lowest BCUT2D eigenvalue weighted by atomic mass is 9.96. The van der Waals surface area contributed by atoms with E-state index in [0.29, 0.717) is 10.5 Å². The molecule has 0 heterocycles. The Labute approximate surface area is 100 Å². The first kappa shape index (κ1) is 15.2. The van der Waals surface area contributed by atoms with Gasteiger partial charge in [-0.15, -0.1) is 0 Å². The quantitative estimate of drug-likeness (QED) is 0.299. The van der Waals surface area contributed by atoms with Gasteiger partial charge in [0.05, 0.1) is 6.26 Å². The zero-order chi connectivity index (χ0) is 12.6. The number of rotatable bonds is 7. The first-order valence-corrected chi connectivity index (χ1v) is 6.37. The Morgan fingerprint density at radius 1 is 1.62 bits per heavy atom. The topological polar surface area (TPSA) is 44.8 Å². The number of hydrogen-bond acceptors (Lipinski definition) is 4. The molecule has 2 atom stereocenters. The minimum atomic E-state index is -0.887. The van der Waals surface area contributed by atoms with Gasteiger partial charge < -0.3 is 13.9 Å². The van der Waals surface area contributed by atoms with E-state index in [9.17, 15) is 4.79 Å². The predicted octanol–water partition coefficient (Wildman–Crippen LogP) is 2.12. The van der Waals surface area contributed by atoms with Crippen molar-refractivity contribution in [3.63, 3.8) is 0 Å². The summed E-state index contributed by atoms with van der Waals surface area (Å²) in [6.45, 7) is 9.20. The molecule has 0 spiro atoms. The monoisotopic (exact) mass is 246 g/mol. The van der Waals surface area contributed by atoms with Crippen LogP contribution >= 0.6 is 0 Å². The van der Waals surface area contributed by atoms with Crippen molar-refractivity contribution in [2.24, 2.45) is 5.92 Å². The Morgan fingerprint density at radius 3 is 2.69 bits per heavy atom. The number of hydrogen-bond donors (Lipinski definition) is 0. The summed E-state index contributed by atoms with van der Waals surface area (Å²) in [7, 11) is 0.504. The van der Waals surface area contributed by atoms with Crippen LogP contribution in [0.5, 0.6) is 0 Å². The first-order valence-electron chi connectivity index (χ1n) is 5.55. The van der Waals surface area contributed by atoms with E-state index >= 15 is 0 Å². The molecule has 0 fully saturated rings. The molecule has 0 N–H and O–H groups in total. The summed E-state index contributed by atoms with van der Waals surface area (Å²) < 4.78 is 15.1. The highest BCUT2D eigenvalue weighted by Gasteiger charge is 2.34. The van der Waals surface area contributed by atoms with E-state index in [2.05, 4.69) is 18.2 Å². The molecule has 0 amide bonds. The molecule has 0 rings (SSSR count). The van der Waals surface area contributed by atoms with Crippen LogP contribution in [0.1, 0.15) is 40.0 Å². The van der Waals surface area contributed by atoms with Crippen LogP contribution in [-0.2, 0) is 13.9 Å². The molecule has 4 nitrogen and oxygen atoms in total. The van der Waals surface area contributed by atoms with Crippen molar-refractivity contribution >= 4 is 16.6 Å². The van der Waals surface area contributed by atoms with Crippen molar-refractivity contribution < 1.29 is 18.7 Å². The van der Waals surface area contributed by atoms with Gasteiger partial charge in [0, 0.05) is 12.8 Å². The van der Waals surface area contributed by atoms with Crippen molar-refractivity contribution in [2.75, 3.05) is 0 Å². The van der Waals surface area contributed by atoms with Crippen molar-refractivity contribution in [3.8, 4) is 0 Å². The second kappa shape index (κ2) is 7.46. The van der Waals surface area contributed by atoms with E-state index in [-0.39, 0.29) is 5.92 Å². The molecular weight excluding hydrogens is 224 g/mol. The summed E-state index contributed by atoms with van der Waals surface area (Å²) in [4.78, 5) is 11.2. The molecule has 0 aromatic rings. The van der Waals surface area contributed by atoms with Crippen LogP contribution in [0.2, 0.25) is 0 Å². The lowest BCUT2D eigenvalue weighted by Crippen LogP contribution is -2.40. The Bertz CT molecular complexity index is 232. The van der Waals surface area contributed by atoms with Gasteiger partial charge in [-0.1, -0.05) is 33.3 Å². The van der Waals surface area contributed by atoms with Crippen molar-refractivity contribution in [1.29, 1.82) is 0 Å². The second-order valence-corrected chi connectivity index (χ2v) is 4.31. The smallest absolute Gasteiger partial charge is 0.404 e. The third kappa shape index (κ3) is 4.81. The fraction of sp³-hybridized carbons (Fsp3) is 0.727. The molecule has 2 unspecified atom stereocenters. The van der Waals surface area contributed by atoms with Gasteiger partial charge in [-0.05, 0) is 6.42 Å². The van der Waals surface area contributed by atoms with Gasteiger partial charge in [0.15, 0.2) is 10.5 Å². The average molecular weight is 246 g/mol. The lowest BCUT2D eigenvalue weighted by molar-refractivity contribution is -0.171. The molecule has 0 saturated carbocycles. The van der Waals surface area contributed by atoms with Crippen molar-refractivity contribution in [1.82, 2.24) is 0 Å². The Balaban J connectivity index is 4.38. The number of carbonyl (C=O) groups is 1. The van der Waals surface area contributed by atoms with Gasteiger partial charge in [0.25, 0.3) is 0 Å². The fourth-order valence-electron chi connectivity index (χ4n) is 1.37. The van der Waals surface area contributed by atoms with E-state index in [1.54, 1.807) is 6.92 Å². The Morgan fingerprint density at radius 2 is 2.25 bits per heavy atom. The van der Waals surface area contributed by atoms with Gasteiger partial charge in [-0.25, -0.2) is 4.79 Å². The van der Waals surface area contributed by atoms with Crippen LogP contribution in [0.3, 0.4) is 0 Å². The minimum absolute atomic E-state index is 0.141. The first-order chi connectivity index (χ1) is 7.50. The maximum atomic E-state index is 11.2. The van der Waals surface area contributed by atoms with Crippen LogP contribution < -0.4 is 0 Å². The molecular formula is C11H22O4Si. The van der Waals surface area contributed by atoms with Crippen LogP contribution in [-0.4, -0.2) is 22.4 Å². The highest BCUT2D eigenvalue weighted by Crippen LogP contribution is 2.27. The zero-order valence-electron chi connectivity index (χ0n) is 10.6. The van der Waals surface area contributed by atoms with E-state index in [4.69, 9.17) is 9.16 Å². The number of unbranched alkanes of at least 4 members (excludes halogenated alkanes) is 1. The summed E-state index contributed by atoms with van der Waals surface area (Å²) in [5.74, 6) is -0.746. The van der Waals surface area contributed by atoms with Crippen LogP contribution in [0.25, 0.3) is 0 Å². The van der Waals surface area contributed by atoms with E-state index in [1.807, 2.05) is 6.92 Å².